The molecule has 2 nitrogen and oxygen atoms in total. The average Bonchev–Trinajstić information content (AvgIpc) is 2.56. The number of nitrogens with zero attached hydrogens (tertiary/aromatic N) is 1. The molecular formula is C19H24N2. The van der Waals surface area contributed by atoms with E-state index >= 15 is 0 Å². The van der Waals surface area contributed by atoms with Gasteiger partial charge in [-0.15, -0.1) is 0 Å². The van der Waals surface area contributed by atoms with Crippen molar-refractivity contribution in [2.45, 2.75) is 18.9 Å². The minimum Gasteiger partial charge on any atom is -0.371 e. The third-order valence-electron chi connectivity index (χ3n) is 4.57. The van der Waals surface area contributed by atoms with Gasteiger partial charge in [-0.3, -0.25) is 0 Å². The van der Waals surface area contributed by atoms with Gasteiger partial charge in [0.1, 0.15) is 0 Å². The molecule has 0 amide bonds. The van der Waals surface area contributed by atoms with Crippen LogP contribution in [0.5, 0.6) is 0 Å². The van der Waals surface area contributed by atoms with Gasteiger partial charge in [-0.2, -0.15) is 0 Å². The molecule has 0 bridgehead atoms. The van der Waals surface area contributed by atoms with E-state index in [-0.39, 0.29) is 0 Å². The molecule has 0 aromatic heterocycles. The zero-order valence-electron chi connectivity index (χ0n) is 12.7. The lowest BCUT2D eigenvalue weighted by molar-refractivity contribution is 0.316. The molecule has 0 spiro atoms. The Kier molecular flexibility index (Phi) is 4.56. The zero-order chi connectivity index (χ0) is 14.5. The molecule has 0 radical (unpaired) electrons. The molecule has 110 valence electrons. The largest absolute Gasteiger partial charge is 0.371 e. The summed E-state index contributed by atoms with van der Waals surface area (Å²) in [6, 6.07) is 22.2. The number of benzene rings is 2. The fraction of sp³-hybridized carbons (Fsp3) is 0.368. The Bertz CT molecular complexity index is 538. The third-order valence-corrected chi connectivity index (χ3v) is 4.57. The van der Waals surface area contributed by atoms with Crippen LogP contribution in [-0.4, -0.2) is 26.2 Å². The van der Waals surface area contributed by atoms with E-state index < -0.39 is 0 Å². The van der Waals surface area contributed by atoms with Gasteiger partial charge in [0.15, 0.2) is 0 Å². The molecule has 1 aliphatic heterocycles. The van der Waals surface area contributed by atoms with Crippen LogP contribution in [0.1, 0.15) is 12.0 Å². The van der Waals surface area contributed by atoms with Crippen LogP contribution in [-0.2, 0) is 6.42 Å². The molecular weight excluding hydrogens is 256 g/mol. The molecule has 2 heteroatoms. The predicted molar refractivity (Wildman–Crippen MR) is 89.8 cm³/mol. The second-order valence-corrected chi connectivity index (χ2v) is 5.96. The van der Waals surface area contributed by atoms with E-state index in [0.29, 0.717) is 12.0 Å². The fourth-order valence-corrected chi connectivity index (χ4v) is 3.40. The highest BCUT2D eigenvalue weighted by molar-refractivity contribution is 5.46. The highest BCUT2D eigenvalue weighted by atomic mass is 15.2. The SMILES string of the molecule is CN(c1ccccc1)C1CCNCC1Cc1ccccc1. The van der Waals surface area contributed by atoms with Crippen LogP contribution in [0.25, 0.3) is 0 Å². The van der Waals surface area contributed by atoms with Crippen molar-refractivity contribution in [1.82, 2.24) is 5.32 Å². The highest BCUT2D eigenvalue weighted by Gasteiger charge is 2.28. The second kappa shape index (κ2) is 6.77. The molecule has 1 aliphatic rings. The number of hydrogen-bond acceptors (Lipinski definition) is 2. The fourth-order valence-electron chi connectivity index (χ4n) is 3.40. The van der Waals surface area contributed by atoms with Gasteiger partial charge in [-0.25, -0.2) is 0 Å². The Morgan fingerprint density at radius 3 is 2.38 bits per heavy atom. The molecule has 2 aromatic rings. The Hall–Kier alpha value is -1.80. The maximum Gasteiger partial charge on any atom is 0.0366 e. The summed E-state index contributed by atoms with van der Waals surface area (Å²) in [7, 11) is 2.24. The lowest BCUT2D eigenvalue weighted by atomic mass is 9.86. The monoisotopic (exact) mass is 280 g/mol. The van der Waals surface area contributed by atoms with Crippen LogP contribution >= 0.6 is 0 Å². The summed E-state index contributed by atoms with van der Waals surface area (Å²) < 4.78 is 0. The molecule has 1 saturated heterocycles. The van der Waals surface area contributed by atoms with Gasteiger partial charge in [0.05, 0.1) is 0 Å². The Labute approximate surface area is 127 Å². The lowest BCUT2D eigenvalue weighted by Crippen LogP contribution is -2.49. The number of para-hydroxylation sites is 1. The summed E-state index contributed by atoms with van der Waals surface area (Å²) in [6.07, 6.45) is 2.36. The molecule has 1 fully saturated rings. The van der Waals surface area contributed by atoms with Crippen molar-refractivity contribution in [3.8, 4) is 0 Å². The minimum absolute atomic E-state index is 0.605. The molecule has 0 saturated carbocycles. The quantitative estimate of drug-likeness (QED) is 0.924. The van der Waals surface area contributed by atoms with Crippen molar-refractivity contribution in [1.29, 1.82) is 0 Å². The highest BCUT2D eigenvalue weighted by Crippen LogP contribution is 2.25. The smallest absolute Gasteiger partial charge is 0.0366 e. The van der Waals surface area contributed by atoms with Gasteiger partial charge in [0, 0.05) is 25.3 Å². The van der Waals surface area contributed by atoms with Crippen LogP contribution in [0.3, 0.4) is 0 Å². The van der Waals surface area contributed by atoms with Crippen LogP contribution in [0.4, 0.5) is 5.69 Å². The number of piperidine rings is 1. The van der Waals surface area contributed by atoms with E-state index in [0.717, 1.165) is 19.5 Å². The first kappa shape index (κ1) is 14.2. The van der Waals surface area contributed by atoms with Crippen molar-refractivity contribution < 1.29 is 0 Å². The number of rotatable bonds is 4. The summed E-state index contributed by atoms with van der Waals surface area (Å²) in [4.78, 5) is 2.47. The number of nitrogens with one attached hydrogen (secondary N) is 1. The van der Waals surface area contributed by atoms with Crippen molar-refractivity contribution in [2.24, 2.45) is 5.92 Å². The van der Waals surface area contributed by atoms with E-state index in [1.54, 1.807) is 0 Å². The number of hydrogen-bond donors (Lipinski definition) is 1. The standard InChI is InChI=1S/C19H24N2/c1-21(18-10-6-3-7-11-18)19-12-13-20-15-17(19)14-16-8-4-2-5-9-16/h2-11,17,19-20H,12-15H2,1H3. The zero-order valence-corrected chi connectivity index (χ0v) is 12.7. The second-order valence-electron chi connectivity index (χ2n) is 5.96. The molecule has 21 heavy (non-hydrogen) atoms. The van der Waals surface area contributed by atoms with Crippen LogP contribution in [0.15, 0.2) is 60.7 Å². The van der Waals surface area contributed by atoms with Crippen molar-refractivity contribution in [3.05, 3.63) is 66.2 Å². The minimum atomic E-state index is 0.605. The molecule has 2 unspecified atom stereocenters. The first-order valence-electron chi connectivity index (χ1n) is 7.87. The van der Waals surface area contributed by atoms with Crippen molar-refractivity contribution >= 4 is 5.69 Å². The van der Waals surface area contributed by atoms with Gasteiger partial charge < -0.3 is 10.2 Å². The van der Waals surface area contributed by atoms with Crippen molar-refractivity contribution in [3.63, 3.8) is 0 Å². The average molecular weight is 280 g/mol. The van der Waals surface area contributed by atoms with Crippen molar-refractivity contribution in [2.75, 3.05) is 25.0 Å². The van der Waals surface area contributed by atoms with Gasteiger partial charge in [0.2, 0.25) is 0 Å². The van der Waals surface area contributed by atoms with Gasteiger partial charge in [0.25, 0.3) is 0 Å². The van der Waals surface area contributed by atoms with E-state index in [4.69, 9.17) is 0 Å². The topological polar surface area (TPSA) is 15.3 Å². The first-order valence-corrected chi connectivity index (χ1v) is 7.87. The number of anilines is 1. The lowest BCUT2D eigenvalue weighted by Gasteiger charge is -2.40. The molecule has 1 N–H and O–H groups in total. The maximum absolute atomic E-state index is 3.56. The van der Waals surface area contributed by atoms with Crippen LogP contribution in [0.2, 0.25) is 0 Å². The first-order chi connectivity index (χ1) is 10.3. The third kappa shape index (κ3) is 3.45. The van der Waals surface area contributed by atoms with Crippen LogP contribution in [0, 0.1) is 5.92 Å². The normalized spacial score (nSPS) is 22.0. The Balaban J connectivity index is 1.75. The summed E-state index contributed by atoms with van der Waals surface area (Å²) in [5, 5.41) is 3.56. The summed E-state index contributed by atoms with van der Waals surface area (Å²) in [5.41, 5.74) is 2.76. The maximum atomic E-state index is 3.56. The summed E-state index contributed by atoms with van der Waals surface area (Å²) in [5.74, 6) is 0.659. The molecule has 2 atom stereocenters. The molecule has 3 rings (SSSR count). The molecule has 0 aliphatic carbocycles. The van der Waals surface area contributed by atoms with Gasteiger partial charge in [-0.05, 0) is 43.0 Å². The molecule has 1 heterocycles. The molecule has 2 aromatic carbocycles. The van der Waals surface area contributed by atoms with E-state index in [2.05, 4.69) is 77.9 Å². The van der Waals surface area contributed by atoms with Crippen LogP contribution < -0.4 is 10.2 Å². The summed E-state index contributed by atoms with van der Waals surface area (Å²) >= 11 is 0. The van der Waals surface area contributed by atoms with Gasteiger partial charge >= 0.3 is 0 Å². The van der Waals surface area contributed by atoms with E-state index in [1.165, 1.54) is 17.7 Å². The van der Waals surface area contributed by atoms with Gasteiger partial charge in [-0.1, -0.05) is 48.5 Å². The van der Waals surface area contributed by atoms with E-state index in [9.17, 15) is 0 Å². The Morgan fingerprint density at radius 2 is 1.67 bits per heavy atom. The Morgan fingerprint density at radius 1 is 1.00 bits per heavy atom. The summed E-state index contributed by atoms with van der Waals surface area (Å²) in [6.45, 7) is 2.23. The van der Waals surface area contributed by atoms with E-state index in [1.807, 2.05) is 0 Å². The predicted octanol–water partition coefficient (Wildman–Crippen LogP) is 3.34.